The molecule has 9 heteroatoms. The third-order valence-corrected chi connectivity index (χ3v) is 6.96. The molecule has 1 aliphatic rings. The number of aryl methyl sites for hydroxylation is 2. The second-order valence-electron chi connectivity index (χ2n) is 6.22. The molecule has 5 nitrogen and oxygen atoms in total. The predicted molar refractivity (Wildman–Crippen MR) is 113 cm³/mol. The highest BCUT2D eigenvalue weighted by Gasteiger charge is 2.20. The van der Waals surface area contributed by atoms with Crippen molar-refractivity contribution in [1.82, 2.24) is 9.97 Å². The molecule has 0 fully saturated rings. The Morgan fingerprint density at radius 1 is 1.30 bits per heavy atom. The zero-order valence-corrected chi connectivity index (χ0v) is 17.2. The number of hydrogen-bond acceptors (Lipinski definition) is 5. The molecule has 140 valence electrons. The number of aromatic nitrogens is 2. The van der Waals surface area contributed by atoms with Crippen molar-refractivity contribution in [3.8, 4) is 0 Å². The normalized spacial score (nSPS) is 13.6. The third kappa shape index (κ3) is 4.01. The minimum Gasteiger partial charge on any atom is -0.324 e. The van der Waals surface area contributed by atoms with Crippen LogP contribution in [0, 0.1) is 0 Å². The first-order valence-electron chi connectivity index (χ1n) is 8.43. The Bertz CT molecular complexity index is 1090. The standard InChI is InChI=1S/C18H15Cl2N3O2S2/c19-9-5-6-12(11(20)7-9)21-14(24)8-26-18-22-16(25)15-10-3-1-2-4-13(10)27-17(15)23-18/h5-7H,1-4,8H2,(H,21,24)(H,22,23,25). The number of amides is 1. The molecule has 0 aliphatic heterocycles. The van der Waals surface area contributed by atoms with E-state index in [9.17, 15) is 9.59 Å². The van der Waals surface area contributed by atoms with Crippen molar-refractivity contribution in [2.75, 3.05) is 11.1 Å². The molecule has 27 heavy (non-hydrogen) atoms. The number of benzene rings is 1. The molecular weight excluding hydrogens is 425 g/mol. The van der Waals surface area contributed by atoms with E-state index in [0.717, 1.165) is 41.5 Å². The van der Waals surface area contributed by atoms with Gasteiger partial charge < -0.3 is 10.3 Å². The number of fused-ring (bicyclic) bond motifs is 3. The Kier molecular flexibility index (Phi) is 5.45. The van der Waals surface area contributed by atoms with Crippen molar-refractivity contribution in [2.45, 2.75) is 30.8 Å². The van der Waals surface area contributed by atoms with E-state index in [2.05, 4.69) is 15.3 Å². The van der Waals surface area contributed by atoms with Crippen LogP contribution >= 0.6 is 46.3 Å². The maximum atomic E-state index is 12.5. The van der Waals surface area contributed by atoms with Gasteiger partial charge in [-0.15, -0.1) is 11.3 Å². The number of rotatable bonds is 4. The van der Waals surface area contributed by atoms with Crippen molar-refractivity contribution < 1.29 is 4.79 Å². The average Bonchev–Trinajstić information content (AvgIpc) is 3.01. The number of nitrogens with zero attached hydrogens (tertiary/aromatic N) is 1. The number of thiophene rings is 1. The van der Waals surface area contributed by atoms with Gasteiger partial charge in [0.05, 0.1) is 21.8 Å². The Labute approximate surface area is 173 Å². The minimum atomic E-state index is -0.238. The number of H-pyrrole nitrogens is 1. The summed E-state index contributed by atoms with van der Waals surface area (Å²) in [4.78, 5) is 34.1. The van der Waals surface area contributed by atoms with E-state index >= 15 is 0 Å². The van der Waals surface area contributed by atoms with Crippen LogP contribution in [0.1, 0.15) is 23.3 Å². The number of halogens is 2. The summed E-state index contributed by atoms with van der Waals surface area (Å²) in [6, 6.07) is 4.87. The van der Waals surface area contributed by atoms with Crippen LogP contribution in [0.25, 0.3) is 10.2 Å². The van der Waals surface area contributed by atoms with Crippen molar-refractivity contribution in [1.29, 1.82) is 0 Å². The molecule has 0 bridgehead atoms. The summed E-state index contributed by atoms with van der Waals surface area (Å²) in [7, 11) is 0. The predicted octanol–water partition coefficient (Wildman–Crippen LogP) is 4.90. The lowest BCUT2D eigenvalue weighted by atomic mass is 9.97. The molecule has 0 radical (unpaired) electrons. The Hall–Kier alpha value is -1.54. The number of carbonyl (C=O) groups excluding carboxylic acids is 1. The van der Waals surface area contributed by atoms with Gasteiger partial charge in [0.2, 0.25) is 5.91 Å². The summed E-state index contributed by atoms with van der Waals surface area (Å²) in [5, 5.41) is 4.77. The van der Waals surface area contributed by atoms with Crippen LogP contribution in [0.2, 0.25) is 10.0 Å². The molecule has 2 N–H and O–H groups in total. The molecule has 1 aromatic carbocycles. The van der Waals surface area contributed by atoms with Gasteiger partial charge in [-0.2, -0.15) is 0 Å². The van der Waals surface area contributed by atoms with E-state index in [0.29, 0.717) is 20.9 Å². The number of anilines is 1. The molecule has 1 amide bonds. The highest BCUT2D eigenvalue weighted by atomic mass is 35.5. The topological polar surface area (TPSA) is 74.8 Å². The highest BCUT2D eigenvalue weighted by Crippen LogP contribution is 2.34. The summed E-state index contributed by atoms with van der Waals surface area (Å²) in [6.07, 6.45) is 4.23. The van der Waals surface area contributed by atoms with E-state index in [1.165, 1.54) is 16.6 Å². The summed E-state index contributed by atoms with van der Waals surface area (Å²) in [5.41, 5.74) is 1.53. The smallest absolute Gasteiger partial charge is 0.260 e. The minimum absolute atomic E-state index is 0.110. The SMILES string of the molecule is O=C(CSc1nc2sc3c(c2c(=O)[nH]1)CCCC3)Nc1ccc(Cl)cc1Cl. The van der Waals surface area contributed by atoms with Gasteiger partial charge in [-0.25, -0.2) is 4.98 Å². The summed E-state index contributed by atoms with van der Waals surface area (Å²) in [5.74, 6) is -0.129. The van der Waals surface area contributed by atoms with Crippen LogP contribution in [-0.4, -0.2) is 21.6 Å². The fourth-order valence-corrected chi connectivity index (χ4v) is 5.56. The van der Waals surface area contributed by atoms with Gasteiger partial charge in [0.25, 0.3) is 5.56 Å². The molecule has 0 saturated carbocycles. The molecule has 0 unspecified atom stereocenters. The molecule has 0 saturated heterocycles. The van der Waals surface area contributed by atoms with Crippen molar-refractivity contribution >= 4 is 68.1 Å². The van der Waals surface area contributed by atoms with Gasteiger partial charge in [-0.1, -0.05) is 35.0 Å². The Morgan fingerprint density at radius 2 is 2.11 bits per heavy atom. The Morgan fingerprint density at radius 3 is 2.93 bits per heavy atom. The van der Waals surface area contributed by atoms with Gasteiger partial charge in [0, 0.05) is 9.90 Å². The third-order valence-electron chi connectivity index (χ3n) is 4.35. The zero-order valence-electron chi connectivity index (χ0n) is 14.1. The van der Waals surface area contributed by atoms with Gasteiger partial charge in [0.15, 0.2) is 5.16 Å². The molecular formula is C18H15Cl2N3O2S2. The maximum absolute atomic E-state index is 12.5. The Balaban J connectivity index is 1.48. The van der Waals surface area contributed by atoms with E-state index in [-0.39, 0.29) is 17.2 Å². The number of aromatic amines is 1. The first-order valence-corrected chi connectivity index (χ1v) is 11.0. The van der Waals surface area contributed by atoms with Crippen LogP contribution in [0.3, 0.4) is 0 Å². The number of hydrogen-bond donors (Lipinski definition) is 2. The van der Waals surface area contributed by atoms with Crippen LogP contribution in [-0.2, 0) is 17.6 Å². The number of nitrogens with one attached hydrogen (secondary N) is 2. The van der Waals surface area contributed by atoms with Crippen LogP contribution in [0.5, 0.6) is 0 Å². The molecule has 0 spiro atoms. The first-order chi connectivity index (χ1) is 13.0. The second kappa shape index (κ2) is 7.83. The van der Waals surface area contributed by atoms with Gasteiger partial charge in [-0.05, 0) is 49.4 Å². The maximum Gasteiger partial charge on any atom is 0.260 e. The zero-order chi connectivity index (χ0) is 19.0. The fraction of sp³-hybridized carbons (Fsp3) is 0.278. The van der Waals surface area contributed by atoms with Gasteiger partial charge >= 0.3 is 0 Å². The number of thioether (sulfide) groups is 1. The second-order valence-corrected chi connectivity index (χ2v) is 9.11. The average molecular weight is 440 g/mol. The molecule has 2 heterocycles. The molecule has 4 rings (SSSR count). The summed E-state index contributed by atoms with van der Waals surface area (Å²) in [6.45, 7) is 0. The lowest BCUT2D eigenvalue weighted by Crippen LogP contribution is -2.16. The van der Waals surface area contributed by atoms with E-state index in [4.69, 9.17) is 23.2 Å². The molecule has 3 aromatic rings. The quantitative estimate of drug-likeness (QED) is 0.447. The van der Waals surface area contributed by atoms with Gasteiger partial charge in [-0.3, -0.25) is 9.59 Å². The lowest BCUT2D eigenvalue weighted by molar-refractivity contribution is -0.113. The first kappa shape index (κ1) is 18.8. The fourth-order valence-electron chi connectivity index (χ4n) is 3.12. The highest BCUT2D eigenvalue weighted by molar-refractivity contribution is 7.99. The molecule has 2 aromatic heterocycles. The van der Waals surface area contributed by atoms with E-state index in [1.54, 1.807) is 29.5 Å². The largest absolute Gasteiger partial charge is 0.324 e. The van der Waals surface area contributed by atoms with Crippen molar-refractivity contribution in [3.63, 3.8) is 0 Å². The molecule has 1 aliphatic carbocycles. The van der Waals surface area contributed by atoms with E-state index < -0.39 is 0 Å². The monoisotopic (exact) mass is 439 g/mol. The van der Waals surface area contributed by atoms with Crippen LogP contribution in [0.15, 0.2) is 28.2 Å². The summed E-state index contributed by atoms with van der Waals surface area (Å²) >= 11 is 14.7. The van der Waals surface area contributed by atoms with Crippen molar-refractivity contribution in [3.05, 3.63) is 49.0 Å². The molecule has 0 atom stereocenters. The van der Waals surface area contributed by atoms with Crippen molar-refractivity contribution in [2.24, 2.45) is 0 Å². The summed E-state index contributed by atoms with van der Waals surface area (Å²) < 4.78 is 0. The van der Waals surface area contributed by atoms with Crippen LogP contribution in [0.4, 0.5) is 5.69 Å². The lowest BCUT2D eigenvalue weighted by Gasteiger charge is -2.09. The van der Waals surface area contributed by atoms with E-state index in [1.807, 2.05) is 0 Å². The van der Waals surface area contributed by atoms with Gasteiger partial charge in [0.1, 0.15) is 4.83 Å². The number of carbonyl (C=O) groups is 1. The van der Waals surface area contributed by atoms with Crippen LogP contribution < -0.4 is 10.9 Å².